The number of imidazole rings is 1. The van der Waals surface area contributed by atoms with Gasteiger partial charge in [0.15, 0.2) is 5.82 Å². The lowest BCUT2D eigenvalue weighted by Crippen LogP contribution is -2.48. The fourth-order valence-corrected chi connectivity index (χ4v) is 3.70. The van der Waals surface area contributed by atoms with Gasteiger partial charge in [-0.15, -0.1) is 0 Å². The van der Waals surface area contributed by atoms with Crippen LogP contribution >= 0.6 is 11.6 Å². The summed E-state index contributed by atoms with van der Waals surface area (Å²) in [4.78, 5) is 27.0. The van der Waals surface area contributed by atoms with Gasteiger partial charge in [-0.1, -0.05) is 41.0 Å². The highest BCUT2D eigenvalue weighted by Crippen LogP contribution is 2.18. The van der Waals surface area contributed by atoms with Gasteiger partial charge in [0.1, 0.15) is 19.2 Å². The van der Waals surface area contributed by atoms with E-state index in [1.165, 1.54) is 0 Å². The number of rotatable bonds is 6. The Morgan fingerprint density at radius 2 is 1.88 bits per heavy atom. The molecule has 2 aromatic carbocycles. The highest BCUT2D eigenvalue weighted by atomic mass is 35.5. The number of nitrogens with zero attached hydrogens (tertiary/aromatic N) is 6. The van der Waals surface area contributed by atoms with E-state index >= 15 is 0 Å². The first-order valence-electron chi connectivity index (χ1n) is 10.3. The summed E-state index contributed by atoms with van der Waals surface area (Å²) in [5.41, 5.74) is 2.34. The van der Waals surface area contributed by atoms with Crippen LogP contribution in [0.3, 0.4) is 0 Å². The van der Waals surface area contributed by atoms with Crippen molar-refractivity contribution in [3.05, 3.63) is 64.9 Å². The molecular weight excluding hydrogens is 428 g/mol. The number of benzene rings is 2. The number of halogens is 1. The molecule has 0 atom stereocenters. The predicted molar refractivity (Wildman–Crippen MR) is 122 cm³/mol. The van der Waals surface area contributed by atoms with E-state index in [-0.39, 0.29) is 24.8 Å². The van der Waals surface area contributed by atoms with Gasteiger partial charge in [-0.05, 0) is 36.9 Å². The third kappa shape index (κ3) is 4.90. The summed E-state index contributed by atoms with van der Waals surface area (Å²) in [5, 5.41) is 14.4. The number of aromatic nitrogens is 2. The number of oxime groups is 1. The van der Waals surface area contributed by atoms with Crippen molar-refractivity contribution >= 4 is 34.3 Å². The minimum absolute atomic E-state index is 0.0122. The van der Waals surface area contributed by atoms with Crippen molar-refractivity contribution in [2.24, 2.45) is 5.16 Å². The van der Waals surface area contributed by atoms with Gasteiger partial charge in [0, 0.05) is 31.2 Å². The van der Waals surface area contributed by atoms with Crippen LogP contribution in [0.2, 0.25) is 5.02 Å². The number of piperazine rings is 1. The number of fused-ring (bicyclic) bond motifs is 1. The lowest BCUT2D eigenvalue weighted by Gasteiger charge is -2.32. The molecule has 164 valence electrons. The maximum atomic E-state index is 13.0. The van der Waals surface area contributed by atoms with Crippen LogP contribution in [-0.4, -0.2) is 64.2 Å². The maximum Gasteiger partial charge on any atom is 0.242 e. The highest BCUT2D eigenvalue weighted by Gasteiger charge is 2.23. The molecule has 0 unspecified atom stereocenters. The summed E-state index contributed by atoms with van der Waals surface area (Å²) in [5.74, 6) is 0.300. The average Bonchev–Trinajstić information content (AvgIpc) is 3.16. The third-order valence-corrected chi connectivity index (χ3v) is 5.67. The lowest BCUT2D eigenvalue weighted by atomic mass is 10.2. The van der Waals surface area contributed by atoms with E-state index in [0.717, 1.165) is 24.2 Å². The van der Waals surface area contributed by atoms with Crippen LogP contribution in [0.15, 0.2) is 53.7 Å². The van der Waals surface area contributed by atoms with Crippen LogP contribution in [0, 0.1) is 11.3 Å². The first kappa shape index (κ1) is 21.8. The van der Waals surface area contributed by atoms with Crippen LogP contribution < -0.4 is 0 Å². The van der Waals surface area contributed by atoms with Crippen molar-refractivity contribution in [1.82, 2.24) is 19.4 Å². The molecule has 8 nitrogen and oxygen atoms in total. The van der Waals surface area contributed by atoms with Gasteiger partial charge in [0.2, 0.25) is 11.6 Å². The molecule has 0 saturated carbocycles. The van der Waals surface area contributed by atoms with Gasteiger partial charge < -0.3 is 19.2 Å². The summed E-state index contributed by atoms with van der Waals surface area (Å²) in [7, 11) is 2.04. The van der Waals surface area contributed by atoms with E-state index < -0.39 is 0 Å². The lowest BCUT2D eigenvalue weighted by molar-refractivity contribution is -0.133. The summed E-state index contributed by atoms with van der Waals surface area (Å²) < 4.78 is 1.74. The first-order chi connectivity index (χ1) is 15.5. The van der Waals surface area contributed by atoms with E-state index in [9.17, 15) is 10.1 Å². The second-order valence-electron chi connectivity index (χ2n) is 7.65. The molecular formula is C23H23ClN6O2. The molecule has 0 radical (unpaired) electrons. The molecule has 0 N–H and O–H groups in total. The van der Waals surface area contributed by atoms with Crippen LogP contribution in [0.4, 0.5) is 0 Å². The van der Waals surface area contributed by atoms with Crippen LogP contribution in [0.5, 0.6) is 0 Å². The Kier molecular flexibility index (Phi) is 6.69. The Morgan fingerprint density at radius 1 is 1.16 bits per heavy atom. The largest absolute Gasteiger partial charge is 0.390 e. The standard InChI is InChI=1S/C23H23ClN6O2/c1-28-10-12-29(13-11-28)22(31)15-30-21-5-3-2-4-19(21)26-23(30)20(14-25)27-32-16-17-6-8-18(24)9-7-17/h2-9H,10-13,15-16H2,1H3/b27-20+. The molecule has 4 rings (SSSR count). The number of hydrogen-bond acceptors (Lipinski definition) is 6. The number of carbonyl (C=O) groups is 1. The Labute approximate surface area is 191 Å². The van der Waals surface area contributed by atoms with Gasteiger partial charge in [-0.25, -0.2) is 4.98 Å². The second kappa shape index (κ2) is 9.81. The van der Waals surface area contributed by atoms with Crippen LogP contribution in [-0.2, 0) is 22.8 Å². The van der Waals surface area contributed by atoms with Gasteiger partial charge in [0.05, 0.1) is 11.0 Å². The number of hydrogen-bond donors (Lipinski definition) is 0. The van der Waals surface area contributed by atoms with Crippen molar-refractivity contribution in [1.29, 1.82) is 5.26 Å². The average molecular weight is 451 g/mol. The van der Waals surface area contributed by atoms with Gasteiger partial charge in [0.25, 0.3) is 0 Å². The predicted octanol–water partition coefficient (Wildman–Crippen LogP) is 2.91. The van der Waals surface area contributed by atoms with Crippen molar-refractivity contribution in [2.45, 2.75) is 13.2 Å². The molecule has 1 aliphatic rings. The number of amides is 1. The molecule has 1 fully saturated rings. The second-order valence-corrected chi connectivity index (χ2v) is 8.08. The van der Waals surface area contributed by atoms with Crippen molar-refractivity contribution in [3.63, 3.8) is 0 Å². The fraction of sp³-hybridized carbons (Fsp3) is 0.304. The van der Waals surface area contributed by atoms with Gasteiger partial charge in [-0.3, -0.25) is 4.79 Å². The van der Waals surface area contributed by atoms with Crippen molar-refractivity contribution in [2.75, 3.05) is 33.2 Å². The van der Waals surface area contributed by atoms with Crippen molar-refractivity contribution in [3.8, 4) is 6.07 Å². The number of para-hydroxylation sites is 2. The van der Waals surface area contributed by atoms with Crippen LogP contribution in [0.25, 0.3) is 11.0 Å². The zero-order valence-electron chi connectivity index (χ0n) is 17.7. The summed E-state index contributed by atoms with van der Waals surface area (Å²) >= 11 is 5.90. The normalized spacial score (nSPS) is 15.0. The quantitative estimate of drug-likeness (QED) is 0.425. The minimum atomic E-state index is -0.0122. The third-order valence-electron chi connectivity index (χ3n) is 5.42. The zero-order chi connectivity index (χ0) is 22.5. The van der Waals surface area contributed by atoms with Crippen molar-refractivity contribution < 1.29 is 9.63 Å². The number of nitriles is 1. The first-order valence-corrected chi connectivity index (χ1v) is 10.7. The summed E-state index contributed by atoms with van der Waals surface area (Å²) in [6, 6.07) is 16.7. The molecule has 1 aromatic heterocycles. The minimum Gasteiger partial charge on any atom is -0.390 e. The Bertz CT molecular complexity index is 1170. The number of carbonyl (C=O) groups excluding carboxylic acids is 1. The molecule has 2 heterocycles. The summed E-state index contributed by atoms with van der Waals surface area (Å²) in [6.07, 6.45) is 0. The van der Waals surface area contributed by atoms with E-state index in [1.807, 2.05) is 48.3 Å². The van der Waals surface area contributed by atoms with Gasteiger partial charge >= 0.3 is 0 Å². The molecule has 32 heavy (non-hydrogen) atoms. The van der Waals surface area contributed by atoms with E-state index in [2.05, 4.69) is 21.1 Å². The summed E-state index contributed by atoms with van der Waals surface area (Å²) in [6.45, 7) is 3.31. The monoisotopic (exact) mass is 450 g/mol. The zero-order valence-corrected chi connectivity index (χ0v) is 18.5. The maximum absolute atomic E-state index is 13.0. The molecule has 1 aliphatic heterocycles. The van der Waals surface area contributed by atoms with E-state index in [1.54, 1.807) is 16.7 Å². The molecule has 9 heteroatoms. The van der Waals surface area contributed by atoms with Crippen LogP contribution in [0.1, 0.15) is 11.4 Å². The highest BCUT2D eigenvalue weighted by molar-refractivity contribution is 6.30. The fourth-order valence-electron chi connectivity index (χ4n) is 3.57. The molecule has 3 aromatic rings. The van der Waals surface area contributed by atoms with E-state index in [4.69, 9.17) is 16.4 Å². The Hall–Kier alpha value is -3.41. The Morgan fingerprint density at radius 3 is 2.59 bits per heavy atom. The molecule has 1 amide bonds. The van der Waals surface area contributed by atoms with E-state index in [0.29, 0.717) is 29.5 Å². The smallest absolute Gasteiger partial charge is 0.242 e. The molecule has 0 bridgehead atoms. The Balaban J connectivity index is 1.58. The number of likely N-dealkylation sites (N-methyl/N-ethyl adjacent to an activating group) is 1. The molecule has 1 saturated heterocycles. The van der Waals surface area contributed by atoms with Gasteiger partial charge in [-0.2, -0.15) is 5.26 Å². The SMILES string of the molecule is CN1CCN(C(=O)Cn2c(/C(C#N)=N/OCc3ccc(Cl)cc3)nc3ccccc32)CC1. The topological polar surface area (TPSA) is 86.8 Å². The molecule has 0 spiro atoms. The molecule has 0 aliphatic carbocycles.